The molecule has 1 fully saturated rings. The summed E-state index contributed by atoms with van der Waals surface area (Å²) in [4.78, 5) is 31.6. The number of H-pyrrole nitrogens is 1. The number of para-hydroxylation sites is 1. The fourth-order valence-corrected chi connectivity index (χ4v) is 3.77. The molecular weight excluding hydrogens is 448 g/mol. The van der Waals surface area contributed by atoms with Gasteiger partial charge in [-0.3, -0.25) is 10.1 Å². The second-order valence-electron chi connectivity index (χ2n) is 8.16. The Labute approximate surface area is 200 Å². The fraction of sp³-hybridized carbons (Fsp3) is 0.217. The number of anilines is 4. The lowest BCUT2D eigenvalue weighted by Crippen LogP contribution is -2.45. The highest BCUT2D eigenvalue weighted by molar-refractivity contribution is 5.99. The van der Waals surface area contributed by atoms with Crippen LogP contribution in [0.25, 0.3) is 10.9 Å². The van der Waals surface area contributed by atoms with Crippen LogP contribution >= 0.6 is 0 Å². The minimum atomic E-state index is -0.439. The van der Waals surface area contributed by atoms with Gasteiger partial charge in [0.25, 0.3) is 5.69 Å². The molecule has 3 heterocycles. The van der Waals surface area contributed by atoms with E-state index in [0.717, 1.165) is 42.6 Å². The van der Waals surface area contributed by atoms with Gasteiger partial charge in [0, 0.05) is 66.7 Å². The van der Waals surface area contributed by atoms with Crippen LogP contribution in [0.2, 0.25) is 0 Å². The monoisotopic (exact) mass is 472 g/mol. The Balaban J connectivity index is 1.39. The van der Waals surface area contributed by atoms with Crippen molar-refractivity contribution in [3.05, 3.63) is 70.4 Å². The summed E-state index contributed by atoms with van der Waals surface area (Å²) in [7, 11) is 2.08. The molecule has 35 heavy (non-hydrogen) atoms. The summed E-state index contributed by atoms with van der Waals surface area (Å²) in [5.41, 5.74) is 5.51. The van der Waals surface area contributed by atoms with E-state index in [4.69, 9.17) is 0 Å². The minimum Gasteiger partial charge on any atom is -0.361 e. The maximum absolute atomic E-state index is 10.9. The van der Waals surface area contributed by atoms with Gasteiger partial charge < -0.3 is 20.1 Å². The number of nitro benzene ring substituents is 1. The number of fused-ring (bicyclic) bond motifs is 1. The summed E-state index contributed by atoms with van der Waals surface area (Å²) in [5, 5.41) is 19.4. The molecule has 12 nitrogen and oxygen atoms in total. The SMILES string of the molecule is CN1CCN(c2nc(N/N=C\c3c[nH]c4ccccc34)nc(Nc3ccc([N+](=O)[O-])cc3)n2)CC1. The van der Waals surface area contributed by atoms with Gasteiger partial charge in [-0.2, -0.15) is 20.1 Å². The normalized spacial score (nSPS) is 14.5. The number of hydrazone groups is 1. The van der Waals surface area contributed by atoms with Gasteiger partial charge in [-0.25, -0.2) is 5.43 Å². The molecule has 2 aromatic carbocycles. The van der Waals surface area contributed by atoms with E-state index in [0.29, 0.717) is 17.6 Å². The van der Waals surface area contributed by atoms with Crippen LogP contribution in [-0.2, 0) is 0 Å². The maximum Gasteiger partial charge on any atom is 0.269 e. The molecule has 0 bridgehead atoms. The molecule has 1 saturated heterocycles. The van der Waals surface area contributed by atoms with E-state index in [-0.39, 0.29) is 11.6 Å². The summed E-state index contributed by atoms with van der Waals surface area (Å²) in [6.45, 7) is 3.38. The van der Waals surface area contributed by atoms with E-state index in [9.17, 15) is 10.1 Å². The molecule has 5 rings (SSSR count). The molecule has 2 aromatic heterocycles. The average molecular weight is 473 g/mol. The molecular formula is C23H24N10O2. The molecule has 4 aromatic rings. The quantitative estimate of drug-likeness (QED) is 0.210. The Hall–Kier alpha value is -4.58. The maximum atomic E-state index is 10.9. The first-order valence-corrected chi connectivity index (χ1v) is 11.1. The van der Waals surface area contributed by atoms with Crippen LogP contribution in [0.5, 0.6) is 0 Å². The Morgan fingerprint density at radius 2 is 1.77 bits per heavy atom. The lowest BCUT2D eigenvalue weighted by Gasteiger charge is -2.32. The highest BCUT2D eigenvalue weighted by atomic mass is 16.6. The molecule has 0 unspecified atom stereocenters. The third kappa shape index (κ3) is 5.17. The summed E-state index contributed by atoms with van der Waals surface area (Å²) in [6.07, 6.45) is 3.60. The molecule has 0 radical (unpaired) electrons. The van der Waals surface area contributed by atoms with Crippen molar-refractivity contribution in [3.63, 3.8) is 0 Å². The fourth-order valence-electron chi connectivity index (χ4n) is 3.77. The zero-order valence-electron chi connectivity index (χ0n) is 19.0. The molecule has 178 valence electrons. The van der Waals surface area contributed by atoms with Crippen LogP contribution in [0.4, 0.5) is 29.2 Å². The first kappa shape index (κ1) is 22.2. The lowest BCUT2D eigenvalue weighted by molar-refractivity contribution is -0.384. The smallest absolute Gasteiger partial charge is 0.269 e. The molecule has 1 aliphatic heterocycles. The molecule has 0 atom stereocenters. The number of rotatable bonds is 7. The number of hydrogen-bond acceptors (Lipinski definition) is 10. The Morgan fingerprint density at radius 1 is 1.03 bits per heavy atom. The van der Waals surface area contributed by atoms with Crippen LogP contribution < -0.4 is 15.6 Å². The predicted molar refractivity (Wildman–Crippen MR) is 135 cm³/mol. The largest absolute Gasteiger partial charge is 0.361 e. The number of hydrogen-bond donors (Lipinski definition) is 3. The third-order valence-corrected chi connectivity index (χ3v) is 5.73. The van der Waals surface area contributed by atoms with E-state index >= 15 is 0 Å². The standard InChI is InChI=1S/C23H24N10O2/c1-31-10-12-32(13-11-31)23-28-21(26-17-6-8-18(9-7-17)33(34)35)27-22(29-23)30-25-15-16-14-24-20-5-3-2-4-19(16)20/h2-9,14-15,24H,10-13H2,1H3,(H2,26,27,28,29,30)/b25-15-. The highest BCUT2D eigenvalue weighted by Gasteiger charge is 2.19. The summed E-state index contributed by atoms with van der Waals surface area (Å²) in [5.74, 6) is 1.13. The van der Waals surface area contributed by atoms with Gasteiger partial charge in [-0.1, -0.05) is 18.2 Å². The van der Waals surface area contributed by atoms with Gasteiger partial charge in [-0.05, 0) is 25.2 Å². The molecule has 3 N–H and O–H groups in total. The zero-order chi connectivity index (χ0) is 24.2. The molecule has 0 amide bonds. The predicted octanol–water partition coefficient (Wildman–Crippen LogP) is 3.20. The second-order valence-corrected chi connectivity index (χ2v) is 8.16. The number of nitrogens with one attached hydrogen (secondary N) is 3. The first-order valence-electron chi connectivity index (χ1n) is 11.1. The number of benzene rings is 2. The lowest BCUT2D eigenvalue weighted by atomic mass is 10.2. The highest BCUT2D eigenvalue weighted by Crippen LogP contribution is 2.21. The topological polar surface area (TPSA) is 140 Å². The van der Waals surface area contributed by atoms with Crippen LogP contribution in [0.3, 0.4) is 0 Å². The number of non-ortho nitro benzene ring substituents is 1. The summed E-state index contributed by atoms with van der Waals surface area (Å²) in [6, 6.07) is 14.1. The van der Waals surface area contributed by atoms with Gasteiger partial charge in [-0.15, -0.1) is 0 Å². The van der Waals surface area contributed by atoms with E-state index in [1.54, 1.807) is 18.3 Å². The molecule has 0 saturated carbocycles. The van der Waals surface area contributed by atoms with Crippen molar-refractivity contribution in [2.75, 3.05) is 48.9 Å². The van der Waals surface area contributed by atoms with Gasteiger partial charge in [0.15, 0.2) is 0 Å². The van der Waals surface area contributed by atoms with Gasteiger partial charge >= 0.3 is 0 Å². The second kappa shape index (κ2) is 9.73. The van der Waals surface area contributed by atoms with Crippen LogP contribution in [0.15, 0.2) is 59.8 Å². The minimum absolute atomic E-state index is 0.0123. The van der Waals surface area contributed by atoms with Crippen molar-refractivity contribution < 1.29 is 4.92 Å². The molecule has 0 spiro atoms. The number of likely N-dealkylation sites (N-methyl/N-ethyl adjacent to an activating group) is 1. The van der Waals surface area contributed by atoms with Crippen LogP contribution in [-0.4, -0.2) is 69.2 Å². The van der Waals surface area contributed by atoms with Crippen molar-refractivity contribution in [2.45, 2.75) is 0 Å². The molecule has 1 aliphatic rings. The van der Waals surface area contributed by atoms with E-state index in [2.05, 4.69) is 52.6 Å². The Bertz CT molecular complexity index is 1360. The summed E-state index contributed by atoms with van der Waals surface area (Å²) < 4.78 is 0. The third-order valence-electron chi connectivity index (χ3n) is 5.73. The Morgan fingerprint density at radius 3 is 2.54 bits per heavy atom. The van der Waals surface area contributed by atoms with Gasteiger partial charge in [0.1, 0.15) is 0 Å². The number of nitrogens with zero attached hydrogens (tertiary/aromatic N) is 7. The number of aromatic amines is 1. The molecule has 0 aliphatic carbocycles. The van der Waals surface area contributed by atoms with Crippen molar-refractivity contribution in [3.8, 4) is 0 Å². The van der Waals surface area contributed by atoms with Crippen molar-refractivity contribution in [1.29, 1.82) is 0 Å². The zero-order valence-corrected chi connectivity index (χ0v) is 19.0. The first-order chi connectivity index (χ1) is 17.0. The van der Waals surface area contributed by atoms with Gasteiger partial charge in [0.2, 0.25) is 17.8 Å². The van der Waals surface area contributed by atoms with E-state index in [1.165, 1.54) is 12.1 Å². The van der Waals surface area contributed by atoms with Crippen molar-refractivity contribution in [2.24, 2.45) is 5.10 Å². The van der Waals surface area contributed by atoms with Crippen molar-refractivity contribution >= 4 is 46.3 Å². The van der Waals surface area contributed by atoms with E-state index in [1.807, 2.05) is 30.5 Å². The van der Waals surface area contributed by atoms with Crippen LogP contribution in [0.1, 0.15) is 5.56 Å². The van der Waals surface area contributed by atoms with E-state index < -0.39 is 4.92 Å². The Kier molecular flexibility index (Phi) is 6.18. The van der Waals surface area contributed by atoms with Crippen LogP contribution in [0, 0.1) is 10.1 Å². The summed E-state index contributed by atoms with van der Waals surface area (Å²) >= 11 is 0. The number of piperazine rings is 1. The van der Waals surface area contributed by atoms with Crippen molar-refractivity contribution in [1.82, 2.24) is 24.8 Å². The molecule has 12 heteroatoms. The number of nitro groups is 1. The number of aromatic nitrogens is 4. The average Bonchev–Trinajstić information content (AvgIpc) is 3.28. The van der Waals surface area contributed by atoms with Gasteiger partial charge in [0.05, 0.1) is 11.1 Å².